The number of rotatable bonds is 4. The summed E-state index contributed by atoms with van der Waals surface area (Å²) in [5.74, 6) is -0.964. The smallest absolute Gasteiger partial charge is 0.356 e. The summed E-state index contributed by atoms with van der Waals surface area (Å²) in [4.78, 5) is 27.5. The first-order chi connectivity index (χ1) is 11.0. The first kappa shape index (κ1) is 16.3. The molecule has 0 spiro atoms. The van der Waals surface area contributed by atoms with E-state index in [4.69, 9.17) is 4.74 Å². The van der Waals surface area contributed by atoms with Crippen LogP contribution in [0.1, 0.15) is 21.0 Å². The minimum Gasteiger partial charge on any atom is -0.508 e. The number of nitrogens with zero attached hydrogens (tertiary/aromatic N) is 1. The quantitative estimate of drug-likeness (QED) is 0.862. The summed E-state index contributed by atoms with van der Waals surface area (Å²) >= 11 is 0. The molecule has 0 saturated carbocycles. The highest BCUT2D eigenvalue weighted by molar-refractivity contribution is 5.94. The zero-order chi connectivity index (χ0) is 17.0. The maximum absolute atomic E-state index is 11.8. The summed E-state index contributed by atoms with van der Waals surface area (Å²) in [7, 11) is 3.88. The van der Waals surface area contributed by atoms with Gasteiger partial charge in [0.1, 0.15) is 22.9 Å². The molecule has 1 aromatic heterocycles. The van der Waals surface area contributed by atoms with Crippen LogP contribution in [0.4, 0.5) is 0 Å². The van der Waals surface area contributed by atoms with Crippen LogP contribution in [0.2, 0.25) is 0 Å². The molecule has 0 aliphatic carbocycles. The second-order valence-electron chi connectivity index (χ2n) is 4.49. The lowest BCUT2D eigenvalue weighted by atomic mass is 10.0. The lowest BCUT2D eigenvalue weighted by Gasteiger charge is -2.11. The monoisotopic (exact) mass is 317 g/mol. The molecule has 0 unspecified atom stereocenters. The largest absolute Gasteiger partial charge is 0.508 e. The number of phenols is 1. The zero-order valence-corrected chi connectivity index (χ0v) is 12.8. The number of hydrogen-bond acceptors (Lipinski definition) is 7. The Morgan fingerprint density at radius 3 is 2.00 bits per heavy atom. The van der Waals surface area contributed by atoms with Crippen molar-refractivity contribution >= 4 is 11.9 Å². The van der Waals surface area contributed by atoms with Crippen molar-refractivity contribution in [3.05, 3.63) is 41.7 Å². The summed E-state index contributed by atoms with van der Waals surface area (Å²) in [6.07, 6.45) is 0. The molecule has 2 aromatic rings. The van der Waals surface area contributed by atoms with Crippen molar-refractivity contribution in [3.8, 4) is 22.6 Å². The van der Waals surface area contributed by atoms with Crippen LogP contribution >= 0.6 is 0 Å². The maximum atomic E-state index is 11.8. The first-order valence-electron chi connectivity index (χ1n) is 6.56. The molecule has 0 radical (unpaired) electrons. The van der Waals surface area contributed by atoms with Gasteiger partial charge in [0, 0.05) is 11.6 Å². The van der Waals surface area contributed by atoms with E-state index in [1.165, 1.54) is 45.6 Å². The van der Waals surface area contributed by atoms with E-state index in [0.717, 1.165) is 0 Å². The molecule has 0 aliphatic heterocycles. The fourth-order valence-electron chi connectivity index (χ4n) is 2.02. The Labute approximate surface area is 132 Å². The number of methoxy groups -OCH3 is 3. The summed E-state index contributed by atoms with van der Waals surface area (Å²) in [5, 5.41) is 9.54. The molecule has 1 N–H and O–H groups in total. The summed E-state index contributed by atoms with van der Waals surface area (Å²) in [6, 6.07) is 7.42. The summed E-state index contributed by atoms with van der Waals surface area (Å²) in [5.41, 5.74) is 0.988. The number of phenolic OH excluding ortho intramolecular Hbond substituents is 1. The number of hydrogen-bond donors (Lipinski definition) is 1. The SMILES string of the molecule is COC(=O)c1cc(-c2ccc(O)cc2OC)cc(C(=O)OC)n1. The van der Waals surface area contributed by atoms with Gasteiger partial charge in [-0.25, -0.2) is 14.6 Å². The number of ether oxygens (including phenoxy) is 3. The van der Waals surface area contributed by atoms with Crippen molar-refractivity contribution in [3.63, 3.8) is 0 Å². The van der Waals surface area contributed by atoms with Gasteiger partial charge in [0.05, 0.1) is 21.3 Å². The van der Waals surface area contributed by atoms with Crippen molar-refractivity contribution in [2.24, 2.45) is 0 Å². The highest BCUT2D eigenvalue weighted by Gasteiger charge is 2.18. The van der Waals surface area contributed by atoms with Crippen molar-refractivity contribution in [2.45, 2.75) is 0 Å². The average molecular weight is 317 g/mol. The number of pyridine rings is 1. The van der Waals surface area contributed by atoms with E-state index in [1.807, 2.05) is 0 Å². The number of esters is 2. The third-order valence-corrected chi connectivity index (χ3v) is 3.11. The standard InChI is InChI=1S/C16H15NO6/c1-21-14-8-10(18)4-5-11(14)9-6-12(15(19)22-2)17-13(7-9)16(20)23-3/h4-8,18H,1-3H3. The molecule has 1 aromatic carbocycles. The van der Waals surface area contributed by atoms with Gasteiger partial charge < -0.3 is 19.3 Å². The Morgan fingerprint density at radius 1 is 0.957 bits per heavy atom. The second kappa shape index (κ2) is 6.78. The molecule has 0 aliphatic rings. The maximum Gasteiger partial charge on any atom is 0.356 e. The molecular formula is C16H15NO6. The van der Waals surface area contributed by atoms with Crippen molar-refractivity contribution in [1.82, 2.24) is 4.98 Å². The van der Waals surface area contributed by atoms with Gasteiger partial charge in [0.15, 0.2) is 0 Å². The predicted molar refractivity (Wildman–Crippen MR) is 80.6 cm³/mol. The van der Waals surface area contributed by atoms with Crippen LogP contribution in [0.15, 0.2) is 30.3 Å². The van der Waals surface area contributed by atoms with Gasteiger partial charge in [-0.15, -0.1) is 0 Å². The second-order valence-corrected chi connectivity index (χ2v) is 4.49. The molecule has 0 fully saturated rings. The molecule has 0 amide bonds. The minimum atomic E-state index is -0.685. The third kappa shape index (κ3) is 3.39. The number of aromatic hydroxyl groups is 1. The Hall–Kier alpha value is -3.09. The Kier molecular flexibility index (Phi) is 4.80. The molecular weight excluding hydrogens is 302 g/mol. The van der Waals surface area contributed by atoms with Gasteiger partial charge in [-0.2, -0.15) is 0 Å². The molecule has 0 bridgehead atoms. The number of carbonyl (C=O) groups is 2. The number of carbonyl (C=O) groups excluding carboxylic acids is 2. The van der Waals surface area contributed by atoms with Crippen LogP contribution in [0.5, 0.6) is 11.5 Å². The molecule has 0 saturated heterocycles. The van der Waals surface area contributed by atoms with Crippen molar-refractivity contribution < 1.29 is 28.9 Å². The van der Waals surface area contributed by atoms with Gasteiger partial charge in [-0.05, 0) is 29.8 Å². The molecule has 7 nitrogen and oxygen atoms in total. The van der Waals surface area contributed by atoms with E-state index in [2.05, 4.69) is 14.5 Å². The molecule has 7 heteroatoms. The van der Waals surface area contributed by atoms with Crippen molar-refractivity contribution in [1.29, 1.82) is 0 Å². The van der Waals surface area contributed by atoms with E-state index in [0.29, 0.717) is 16.9 Å². The van der Waals surface area contributed by atoms with E-state index in [9.17, 15) is 14.7 Å². The lowest BCUT2D eigenvalue weighted by molar-refractivity contribution is 0.0586. The van der Waals surface area contributed by atoms with Crippen LogP contribution in [0.3, 0.4) is 0 Å². The normalized spacial score (nSPS) is 10.0. The van der Waals surface area contributed by atoms with Gasteiger partial charge in [-0.3, -0.25) is 0 Å². The van der Waals surface area contributed by atoms with Gasteiger partial charge in [0.2, 0.25) is 0 Å². The predicted octanol–water partition coefficient (Wildman–Crippen LogP) is 2.04. The zero-order valence-electron chi connectivity index (χ0n) is 12.8. The summed E-state index contributed by atoms with van der Waals surface area (Å²) < 4.78 is 14.5. The van der Waals surface area contributed by atoms with Crippen LogP contribution in [0, 0.1) is 0 Å². The highest BCUT2D eigenvalue weighted by Crippen LogP contribution is 2.33. The van der Waals surface area contributed by atoms with Gasteiger partial charge >= 0.3 is 11.9 Å². The van der Waals surface area contributed by atoms with E-state index in [-0.39, 0.29) is 17.1 Å². The fourth-order valence-corrected chi connectivity index (χ4v) is 2.02. The number of aromatic nitrogens is 1. The lowest BCUT2D eigenvalue weighted by Crippen LogP contribution is -2.11. The molecule has 0 atom stereocenters. The minimum absolute atomic E-state index is 0.0287. The Balaban J connectivity index is 2.66. The first-order valence-corrected chi connectivity index (χ1v) is 6.56. The molecule has 1 heterocycles. The van der Waals surface area contributed by atoms with Crippen molar-refractivity contribution in [2.75, 3.05) is 21.3 Å². The summed E-state index contributed by atoms with van der Waals surface area (Å²) in [6.45, 7) is 0. The van der Waals surface area contributed by atoms with Crippen LogP contribution < -0.4 is 4.74 Å². The Morgan fingerprint density at radius 2 is 1.52 bits per heavy atom. The molecule has 120 valence electrons. The van der Waals surface area contributed by atoms with E-state index >= 15 is 0 Å². The molecule has 23 heavy (non-hydrogen) atoms. The topological polar surface area (TPSA) is 95.0 Å². The van der Waals surface area contributed by atoms with Crippen LogP contribution in [-0.2, 0) is 9.47 Å². The fraction of sp³-hybridized carbons (Fsp3) is 0.188. The molecule has 2 rings (SSSR count). The average Bonchev–Trinajstić information content (AvgIpc) is 2.59. The Bertz CT molecular complexity index is 722. The van der Waals surface area contributed by atoms with Gasteiger partial charge in [-0.1, -0.05) is 0 Å². The van der Waals surface area contributed by atoms with E-state index in [1.54, 1.807) is 6.07 Å². The van der Waals surface area contributed by atoms with E-state index < -0.39 is 11.9 Å². The highest BCUT2D eigenvalue weighted by atomic mass is 16.5. The number of benzene rings is 1. The van der Waals surface area contributed by atoms with Crippen LogP contribution in [-0.4, -0.2) is 43.4 Å². The third-order valence-electron chi connectivity index (χ3n) is 3.11. The van der Waals surface area contributed by atoms with Gasteiger partial charge in [0.25, 0.3) is 0 Å². The van der Waals surface area contributed by atoms with Crippen LogP contribution in [0.25, 0.3) is 11.1 Å².